The van der Waals surface area contributed by atoms with Crippen molar-refractivity contribution in [1.29, 1.82) is 0 Å². The second kappa shape index (κ2) is 11.0. The smallest absolute Gasteiger partial charge is 0.337 e. The highest BCUT2D eigenvalue weighted by Gasteiger charge is 2.54. The number of anilines is 1. The van der Waals surface area contributed by atoms with Gasteiger partial charge in [-0.1, -0.05) is 30.3 Å². The van der Waals surface area contributed by atoms with E-state index in [-0.39, 0.29) is 24.6 Å². The van der Waals surface area contributed by atoms with Crippen LogP contribution in [0.4, 0.5) is 10.6 Å². The van der Waals surface area contributed by atoms with E-state index < -0.39 is 42.8 Å². The van der Waals surface area contributed by atoms with Crippen molar-refractivity contribution in [2.75, 3.05) is 18.5 Å². The Labute approximate surface area is 227 Å². The first-order valence-electron chi connectivity index (χ1n) is 12.7. The van der Waals surface area contributed by atoms with E-state index in [1.54, 1.807) is 17.1 Å². The number of urea groups is 1. The number of fused-ring (bicyclic) bond motifs is 2. The van der Waals surface area contributed by atoms with E-state index in [2.05, 4.69) is 30.6 Å². The molecule has 2 saturated heterocycles. The molecule has 5 atom stereocenters. The van der Waals surface area contributed by atoms with Gasteiger partial charge in [0.15, 0.2) is 29.5 Å². The molecule has 14 heteroatoms. The Morgan fingerprint density at radius 2 is 1.93 bits per heavy atom. The van der Waals surface area contributed by atoms with Gasteiger partial charge in [0.2, 0.25) is 0 Å². The second-order valence-electron chi connectivity index (χ2n) is 9.25. The Balaban J connectivity index is 1.25. The van der Waals surface area contributed by atoms with Crippen LogP contribution in [-0.4, -0.2) is 73.1 Å². The summed E-state index contributed by atoms with van der Waals surface area (Å²) in [7, 11) is 0. The fraction of sp³-hybridized carbons (Fsp3) is 0.346. The number of amides is 2. The van der Waals surface area contributed by atoms with Crippen molar-refractivity contribution in [3.05, 3.63) is 72.1 Å². The number of hydrogen-bond donors (Lipinski definition) is 4. The molecule has 4 aromatic rings. The summed E-state index contributed by atoms with van der Waals surface area (Å²) in [5, 5.41) is 14.7. The fourth-order valence-corrected chi connectivity index (χ4v) is 4.90. The van der Waals surface area contributed by atoms with Gasteiger partial charge in [0, 0.05) is 30.1 Å². The number of carbonyl (C=O) groups is 2. The lowest BCUT2D eigenvalue weighted by Gasteiger charge is -2.21. The minimum Gasteiger partial charge on any atom is -0.478 e. The number of carboxylic acids is 1. The lowest BCUT2D eigenvalue weighted by molar-refractivity contribution is -0.158. The molecule has 0 radical (unpaired) electrons. The van der Waals surface area contributed by atoms with Gasteiger partial charge in [-0.25, -0.2) is 24.5 Å². The van der Waals surface area contributed by atoms with Crippen LogP contribution in [0.5, 0.6) is 0 Å². The number of carbonyl (C=O) groups excluding carboxylic acids is 1. The zero-order chi connectivity index (χ0) is 27.6. The molecule has 6 rings (SSSR count). The van der Waals surface area contributed by atoms with Gasteiger partial charge >= 0.3 is 12.0 Å². The number of benzene rings is 1. The van der Waals surface area contributed by atoms with E-state index in [0.29, 0.717) is 23.3 Å². The van der Waals surface area contributed by atoms with E-state index in [9.17, 15) is 14.7 Å². The van der Waals surface area contributed by atoms with Crippen molar-refractivity contribution >= 4 is 29.0 Å². The quantitative estimate of drug-likeness (QED) is 0.243. The summed E-state index contributed by atoms with van der Waals surface area (Å²) in [6.07, 6.45) is 3.05. The molecule has 2 fully saturated rings. The summed E-state index contributed by atoms with van der Waals surface area (Å²) < 4.78 is 26.7. The van der Waals surface area contributed by atoms with Gasteiger partial charge < -0.3 is 34.4 Å². The molecule has 2 amide bonds. The highest BCUT2D eigenvalue weighted by Crippen LogP contribution is 2.45. The molecule has 3 aromatic heterocycles. The van der Waals surface area contributed by atoms with Crippen LogP contribution >= 0.6 is 0 Å². The van der Waals surface area contributed by atoms with Crippen LogP contribution in [-0.2, 0) is 25.6 Å². The number of ether oxygens (including phenoxy) is 4. The summed E-state index contributed by atoms with van der Waals surface area (Å²) in [4.78, 5) is 39.3. The minimum absolute atomic E-state index is 0.0755. The predicted octanol–water partition coefficient (Wildman–Crippen LogP) is 2.59. The van der Waals surface area contributed by atoms with Crippen LogP contribution in [0.2, 0.25) is 0 Å². The number of H-pyrrole nitrogens is 1. The predicted molar refractivity (Wildman–Crippen MR) is 138 cm³/mol. The third-order valence-electron chi connectivity index (χ3n) is 6.72. The van der Waals surface area contributed by atoms with Crippen LogP contribution < -0.4 is 10.6 Å². The number of nitrogens with zero attached hydrogens (tertiary/aromatic N) is 4. The first-order valence-corrected chi connectivity index (χ1v) is 12.7. The number of aromatic amines is 1. The van der Waals surface area contributed by atoms with Gasteiger partial charge in [0.25, 0.3) is 0 Å². The average Bonchev–Trinajstić information content (AvgIpc) is 3.74. The van der Waals surface area contributed by atoms with Gasteiger partial charge in [-0.15, -0.1) is 0 Å². The Morgan fingerprint density at radius 1 is 1.10 bits per heavy atom. The molecule has 40 heavy (non-hydrogen) atoms. The van der Waals surface area contributed by atoms with E-state index >= 15 is 0 Å². The third-order valence-corrected chi connectivity index (χ3v) is 6.72. The van der Waals surface area contributed by atoms with E-state index in [4.69, 9.17) is 18.9 Å². The van der Waals surface area contributed by atoms with Gasteiger partial charge in [-0.05, 0) is 6.92 Å². The topological polar surface area (TPSA) is 175 Å². The molecule has 2 aliphatic rings. The normalized spacial score (nSPS) is 23.8. The summed E-state index contributed by atoms with van der Waals surface area (Å²) in [6.45, 7) is 2.47. The molecule has 208 valence electrons. The van der Waals surface area contributed by atoms with Crippen molar-refractivity contribution in [3.8, 4) is 0 Å². The van der Waals surface area contributed by atoms with Crippen molar-refractivity contribution in [2.24, 2.45) is 0 Å². The number of hydrogen-bond acceptors (Lipinski definition) is 9. The third kappa shape index (κ3) is 4.88. The van der Waals surface area contributed by atoms with Crippen LogP contribution in [0.1, 0.15) is 40.9 Å². The molecule has 5 heterocycles. The van der Waals surface area contributed by atoms with E-state index in [0.717, 1.165) is 5.56 Å². The van der Waals surface area contributed by atoms with Crippen molar-refractivity contribution in [1.82, 2.24) is 29.8 Å². The lowest BCUT2D eigenvalue weighted by atomic mass is 10.1. The van der Waals surface area contributed by atoms with Crippen LogP contribution in [0, 0.1) is 0 Å². The van der Waals surface area contributed by atoms with Crippen LogP contribution in [0.15, 0.2) is 55.4 Å². The maximum absolute atomic E-state index is 12.1. The van der Waals surface area contributed by atoms with Crippen LogP contribution in [0.3, 0.4) is 0 Å². The van der Waals surface area contributed by atoms with E-state index in [1.165, 1.54) is 12.5 Å². The zero-order valence-electron chi connectivity index (χ0n) is 21.4. The maximum Gasteiger partial charge on any atom is 0.337 e. The van der Waals surface area contributed by atoms with Crippen LogP contribution in [0.25, 0.3) is 11.2 Å². The number of nitrogens with one attached hydrogen (secondary N) is 3. The first-order chi connectivity index (χ1) is 19.5. The fourth-order valence-electron chi connectivity index (χ4n) is 4.90. The molecule has 14 nitrogen and oxygen atoms in total. The molecule has 4 N–H and O–H groups in total. The SMILES string of the molecule is CCNC(=O)Nc1ncnc2c1ncn2C1OC(COCc2c[nH]cc2C(=O)O)C2O[C@H](c3ccccc3)OC21. The first kappa shape index (κ1) is 25.9. The summed E-state index contributed by atoms with van der Waals surface area (Å²) >= 11 is 0. The Kier molecular flexibility index (Phi) is 7.13. The molecular weight excluding hydrogens is 522 g/mol. The molecule has 0 bridgehead atoms. The molecule has 0 aliphatic carbocycles. The Morgan fingerprint density at radius 3 is 2.73 bits per heavy atom. The molecule has 4 unspecified atom stereocenters. The largest absolute Gasteiger partial charge is 0.478 e. The zero-order valence-corrected chi connectivity index (χ0v) is 21.4. The Hall–Kier alpha value is -4.37. The number of carboxylic acid groups (broad SMARTS) is 1. The van der Waals surface area contributed by atoms with E-state index in [1.807, 2.05) is 37.3 Å². The van der Waals surface area contributed by atoms with Gasteiger partial charge in [0.1, 0.15) is 24.6 Å². The second-order valence-corrected chi connectivity index (χ2v) is 9.25. The standard InChI is InChI=1S/C26H27N7O7/c1-2-28-26(36)32-21-18-22(30-12-29-21)33(13-31-18)23-20-19(39-25(40-20)14-6-4-3-5-7-14)17(38-23)11-37-10-15-8-27-9-16(15)24(34)35/h3-9,12-13,17,19-20,23,25,27H,2,10-11H2,1H3,(H,34,35)(H2,28,29,30,32,36)/t17?,19?,20?,23?,25-/m0/s1. The van der Waals surface area contributed by atoms with Crippen molar-refractivity contribution < 1.29 is 33.6 Å². The molecule has 0 saturated carbocycles. The number of rotatable bonds is 9. The minimum atomic E-state index is -1.04. The molecular formula is C26H27N7O7. The number of aromatic carboxylic acids is 1. The summed E-state index contributed by atoms with van der Waals surface area (Å²) in [5.41, 5.74) is 2.36. The summed E-state index contributed by atoms with van der Waals surface area (Å²) in [5.74, 6) is -0.777. The highest BCUT2D eigenvalue weighted by atomic mass is 16.8. The lowest BCUT2D eigenvalue weighted by Crippen LogP contribution is -2.31. The van der Waals surface area contributed by atoms with Gasteiger partial charge in [0.05, 0.1) is 25.1 Å². The number of imidazole rings is 1. The van der Waals surface area contributed by atoms with Gasteiger partial charge in [-0.3, -0.25) is 9.88 Å². The maximum atomic E-state index is 12.1. The number of aromatic nitrogens is 5. The van der Waals surface area contributed by atoms with Crippen molar-refractivity contribution in [3.63, 3.8) is 0 Å². The summed E-state index contributed by atoms with van der Waals surface area (Å²) in [6, 6.07) is 9.17. The average molecular weight is 550 g/mol. The molecule has 1 aromatic carbocycles. The molecule has 0 spiro atoms. The van der Waals surface area contributed by atoms with Gasteiger partial charge in [-0.2, -0.15) is 0 Å². The Bertz CT molecular complexity index is 1510. The van der Waals surface area contributed by atoms with Crippen molar-refractivity contribution in [2.45, 2.75) is 44.4 Å². The molecule has 2 aliphatic heterocycles. The highest BCUT2D eigenvalue weighted by molar-refractivity contribution is 5.95. The monoisotopic (exact) mass is 549 g/mol.